The predicted molar refractivity (Wildman–Crippen MR) is 108 cm³/mol. The molecule has 1 unspecified atom stereocenters. The van der Waals surface area contributed by atoms with Crippen LogP contribution in [0.5, 0.6) is 5.75 Å². The van der Waals surface area contributed by atoms with Crippen LogP contribution in [0.4, 0.5) is 5.69 Å². The second kappa shape index (κ2) is 10.7. The molecule has 0 heterocycles. The average Bonchev–Trinajstić information content (AvgIpc) is 2.61. The van der Waals surface area contributed by atoms with Crippen molar-refractivity contribution < 1.29 is 9.64 Å². The molecule has 5 heteroatoms. The van der Waals surface area contributed by atoms with Crippen molar-refractivity contribution >= 4 is 23.0 Å². The molecule has 0 aliphatic carbocycles. The van der Waals surface area contributed by atoms with E-state index < -0.39 is 0 Å². The van der Waals surface area contributed by atoms with E-state index in [1.54, 1.807) is 0 Å². The van der Waals surface area contributed by atoms with Gasteiger partial charge in [0.25, 0.3) is 0 Å². The van der Waals surface area contributed by atoms with Crippen LogP contribution in [0.3, 0.4) is 0 Å². The van der Waals surface area contributed by atoms with Crippen molar-refractivity contribution in [3.63, 3.8) is 0 Å². The fourth-order valence-electron chi connectivity index (χ4n) is 2.60. The molecule has 0 saturated heterocycles. The Morgan fingerprint density at radius 1 is 1.08 bits per heavy atom. The quantitative estimate of drug-likeness (QED) is 0.476. The molecule has 0 amide bonds. The van der Waals surface area contributed by atoms with Gasteiger partial charge in [-0.3, -0.25) is 0 Å². The highest BCUT2D eigenvalue weighted by molar-refractivity contribution is 7.80. The van der Waals surface area contributed by atoms with Crippen molar-refractivity contribution in [3.8, 4) is 5.75 Å². The summed E-state index contributed by atoms with van der Waals surface area (Å²) in [5, 5.41) is 7.12. The van der Waals surface area contributed by atoms with Gasteiger partial charge in [0.15, 0.2) is 5.11 Å². The minimum absolute atomic E-state index is 0.657. The monoisotopic (exact) mass is 358 g/mol. The van der Waals surface area contributed by atoms with Gasteiger partial charge in [-0.25, -0.2) is 0 Å². The molecule has 4 nitrogen and oxygen atoms in total. The van der Waals surface area contributed by atoms with Gasteiger partial charge >= 0.3 is 0 Å². The molecule has 0 fully saturated rings. The van der Waals surface area contributed by atoms with E-state index in [9.17, 15) is 0 Å². The zero-order chi connectivity index (χ0) is 17.9. The summed E-state index contributed by atoms with van der Waals surface area (Å²) in [6.45, 7) is 5.68. The van der Waals surface area contributed by atoms with Crippen molar-refractivity contribution in [2.75, 3.05) is 32.1 Å². The van der Waals surface area contributed by atoms with Crippen molar-refractivity contribution in [2.24, 2.45) is 0 Å². The maximum atomic E-state index is 5.43. The number of quaternary nitrogens is 1. The molecule has 1 atom stereocenters. The Labute approximate surface area is 156 Å². The first kappa shape index (κ1) is 19.2. The lowest BCUT2D eigenvalue weighted by Gasteiger charge is -2.15. The van der Waals surface area contributed by atoms with Crippen LogP contribution in [-0.4, -0.2) is 31.9 Å². The summed E-state index contributed by atoms with van der Waals surface area (Å²) < 4.78 is 5.43. The van der Waals surface area contributed by atoms with Crippen LogP contribution in [0.2, 0.25) is 0 Å². The maximum absolute atomic E-state index is 5.43. The second-order valence-electron chi connectivity index (χ2n) is 6.06. The number of hydrogen-bond acceptors (Lipinski definition) is 2. The number of hydrogen-bond donors (Lipinski definition) is 3. The van der Waals surface area contributed by atoms with Gasteiger partial charge in [0.2, 0.25) is 0 Å². The summed E-state index contributed by atoms with van der Waals surface area (Å²) >= 11 is 5.34. The van der Waals surface area contributed by atoms with E-state index in [1.165, 1.54) is 10.5 Å². The molecule has 2 aromatic carbocycles. The van der Waals surface area contributed by atoms with E-state index in [4.69, 9.17) is 17.0 Å². The maximum Gasteiger partial charge on any atom is 0.170 e. The highest BCUT2D eigenvalue weighted by Crippen LogP contribution is 2.15. The molecule has 0 aromatic heterocycles. The largest absolute Gasteiger partial charge is 0.494 e. The minimum atomic E-state index is 0.657. The Bertz CT molecular complexity index is 631. The van der Waals surface area contributed by atoms with Crippen LogP contribution in [0.15, 0.2) is 54.6 Å². The van der Waals surface area contributed by atoms with Gasteiger partial charge in [0.1, 0.15) is 12.3 Å². The van der Waals surface area contributed by atoms with Gasteiger partial charge in [-0.2, -0.15) is 0 Å². The number of anilines is 1. The summed E-state index contributed by atoms with van der Waals surface area (Å²) in [6.07, 6.45) is 1.07. The summed E-state index contributed by atoms with van der Waals surface area (Å²) in [4.78, 5) is 1.50. The Balaban J connectivity index is 1.61. The lowest BCUT2D eigenvalue weighted by molar-refractivity contribution is -0.893. The molecule has 25 heavy (non-hydrogen) atoms. The van der Waals surface area contributed by atoms with Gasteiger partial charge in [0.05, 0.1) is 20.2 Å². The van der Waals surface area contributed by atoms with Crippen molar-refractivity contribution in [3.05, 3.63) is 60.2 Å². The third-order valence-electron chi connectivity index (χ3n) is 3.84. The smallest absolute Gasteiger partial charge is 0.170 e. The number of ether oxygens (including phenoxy) is 1. The zero-order valence-electron chi connectivity index (χ0n) is 15.0. The second-order valence-corrected chi connectivity index (χ2v) is 6.47. The highest BCUT2D eigenvalue weighted by atomic mass is 32.1. The number of rotatable bonds is 9. The van der Waals surface area contributed by atoms with E-state index in [0.717, 1.165) is 37.5 Å². The molecular weight excluding hydrogens is 330 g/mol. The Hall–Kier alpha value is -2.11. The van der Waals surface area contributed by atoms with Gasteiger partial charge in [-0.15, -0.1) is 0 Å². The normalized spacial score (nSPS) is 11.6. The van der Waals surface area contributed by atoms with Gasteiger partial charge in [-0.05, 0) is 43.4 Å². The minimum Gasteiger partial charge on any atom is -0.494 e. The lowest BCUT2D eigenvalue weighted by Crippen LogP contribution is -3.07. The van der Waals surface area contributed by atoms with Crippen LogP contribution < -0.4 is 20.3 Å². The lowest BCUT2D eigenvalue weighted by atomic mass is 10.2. The van der Waals surface area contributed by atoms with Crippen molar-refractivity contribution in [1.29, 1.82) is 0 Å². The predicted octanol–water partition coefficient (Wildman–Crippen LogP) is 2.48. The summed E-state index contributed by atoms with van der Waals surface area (Å²) in [6, 6.07) is 18.4. The first-order valence-corrected chi connectivity index (χ1v) is 9.21. The van der Waals surface area contributed by atoms with Crippen LogP contribution in [0, 0.1) is 0 Å². The fourth-order valence-corrected chi connectivity index (χ4v) is 2.82. The molecule has 134 valence electrons. The number of benzene rings is 2. The van der Waals surface area contributed by atoms with E-state index in [1.807, 2.05) is 31.2 Å². The third kappa shape index (κ3) is 7.54. The fraction of sp³-hybridized carbons (Fsp3) is 0.350. The molecular formula is C20H28N3OS+. The van der Waals surface area contributed by atoms with Gasteiger partial charge in [-0.1, -0.05) is 30.3 Å². The van der Waals surface area contributed by atoms with E-state index in [0.29, 0.717) is 11.7 Å². The molecule has 0 aliphatic rings. The standard InChI is InChI=1S/C20H27N3OS/c1-3-24-19-12-10-18(11-13-19)22-20(25)21-14-7-15-23(2)16-17-8-5-4-6-9-17/h4-6,8-13H,3,7,14-16H2,1-2H3,(H2,21,22,25)/p+1. The first-order valence-electron chi connectivity index (χ1n) is 8.80. The molecule has 2 aromatic rings. The van der Waals surface area contributed by atoms with E-state index in [2.05, 4.69) is 48.0 Å². The summed E-state index contributed by atoms with van der Waals surface area (Å²) in [7, 11) is 2.23. The van der Waals surface area contributed by atoms with Crippen LogP contribution >= 0.6 is 12.2 Å². The topological polar surface area (TPSA) is 37.7 Å². The van der Waals surface area contributed by atoms with E-state index in [-0.39, 0.29) is 0 Å². The van der Waals surface area contributed by atoms with E-state index >= 15 is 0 Å². The molecule has 0 saturated carbocycles. The number of thiocarbonyl (C=S) groups is 1. The third-order valence-corrected chi connectivity index (χ3v) is 4.08. The molecule has 0 aliphatic heterocycles. The van der Waals surface area contributed by atoms with Gasteiger partial charge in [0, 0.05) is 24.2 Å². The summed E-state index contributed by atoms with van der Waals surface area (Å²) in [5.74, 6) is 0.872. The molecule has 3 N–H and O–H groups in total. The molecule has 0 radical (unpaired) electrons. The zero-order valence-corrected chi connectivity index (χ0v) is 15.9. The summed E-state index contributed by atoms with van der Waals surface area (Å²) in [5.41, 5.74) is 2.34. The number of nitrogens with one attached hydrogen (secondary N) is 3. The SMILES string of the molecule is CCOc1ccc(NC(=S)NCCC[NH+](C)Cc2ccccc2)cc1. The first-order chi connectivity index (χ1) is 12.2. The Morgan fingerprint density at radius 3 is 2.48 bits per heavy atom. The van der Waals surface area contributed by atoms with Crippen molar-refractivity contribution in [1.82, 2.24) is 5.32 Å². The highest BCUT2D eigenvalue weighted by Gasteiger charge is 2.04. The van der Waals surface area contributed by atoms with Gasteiger partial charge < -0.3 is 20.3 Å². The Morgan fingerprint density at radius 2 is 1.80 bits per heavy atom. The van der Waals surface area contributed by atoms with Crippen LogP contribution in [0.25, 0.3) is 0 Å². The molecule has 0 spiro atoms. The van der Waals surface area contributed by atoms with Crippen LogP contribution in [-0.2, 0) is 6.54 Å². The van der Waals surface area contributed by atoms with Crippen molar-refractivity contribution in [2.45, 2.75) is 19.9 Å². The average molecular weight is 359 g/mol. The van der Waals surface area contributed by atoms with Crippen LogP contribution in [0.1, 0.15) is 18.9 Å². The Kier molecular flexibility index (Phi) is 8.22. The molecule has 2 rings (SSSR count). The molecule has 0 bridgehead atoms.